The molecule has 0 aliphatic carbocycles. The Bertz CT molecular complexity index is 1000. The fraction of sp³-hybridized carbons (Fsp3) is 0.167. The molecule has 4 aromatic rings. The molecule has 120 valence electrons. The van der Waals surface area contributed by atoms with Gasteiger partial charge in [0.15, 0.2) is 5.76 Å². The van der Waals surface area contributed by atoms with Crippen LogP contribution in [-0.2, 0) is 0 Å². The second-order valence-corrected chi connectivity index (χ2v) is 5.78. The Morgan fingerprint density at radius 1 is 1.04 bits per heavy atom. The van der Waals surface area contributed by atoms with Crippen LogP contribution >= 0.6 is 0 Å². The van der Waals surface area contributed by atoms with Crippen LogP contribution in [0, 0.1) is 13.8 Å². The Hall–Kier alpha value is -3.15. The number of hydrogen-bond donors (Lipinski definition) is 0. The molecule has 0 aliphatic rings. The van der Waals surface area contributed by atoms with E-state index in [9.17, 15) is 0 Å². The molecule has 24 heavy (non-hydrogen) atoms. The molecule has 0 saturated heterocycles. The highest BCUT2D eigenvalue weighted by molar-refractivity contribution is 5.63. The largest absolute Gasteiger partial charge is 0.461 e. The van der Waals surface area contributed by atoms with Crippen LogP contribution in [0.5, 0.6) is 0 Å². The average Bonchev–Trinajstić information content (AvgIpc) is 3.22. The van der Waals surface area contributed by atoms with E-state index in [1.54, 1.807) is 10.8 Å². The smallest absolute Gasteiger partial charge is 0.255 e. The van der Waals surface area contributed by atoms with Gasteiger partial charge < -0.3 is 9.32 Å². The van der Waals surface area contributed by atoms with Crippen LogP contribution in [0.3, 0.4) is 0 Å². The third kappa shape index (κ3) is 2.42. The summed E-state index contributed by atoms with van der Waals surface area (Å²) in [4.78, 5) is 11.1. The minimum Gasteiger partial charge on any atom is -0.461 e. The Kier molecular flexibility index (Phi) is 3.30. The van der Waals surface area contributed by atoms with Crippen molar-refractivity contribution in [2.24, 2.45) is 0 Å². The van der Waals surface area contributed by atoms with E-state index in [-0.39, 0.29) is 0 Å². The predicted octanol–water partition coefficient (Wildman–Crippen LogP) is 3.77. The lowest BCUT2D eigenvalue weighted by Gasteiger charge is -2.20. The summed E-state index contributed by atoms with van der Waals surface area (Å²) in [5, 5.41) is 4.57. The van der Waals surface area contributed by atoms with Crippen molar-refractivity contribution in [3.8, 4) is 11.6 Å². The first kappa shape index (κ1) is 14.4. The van der Waals surface area contributed by atoms with Crippen LogP contribution in [-0.4, -0.2) is 26.6 Å². The molecule has 4 rings (SSSR count). The Balaban J connectivity index is 1.88. The fourth-order valence-electron chi connectivity index (χ4n) is 2.69. The molecule has 0 spiro atoms. The monoisotopic (exact) mass is 319 g/mol. The number of furan rings is 1. The second-order valence-electron chi connectivity index (χ2n) is 5.78. The van der Waals surface area contributed by atoms with E-state index in [1.807, 2.05) is 38.2 Å². The third-order valence-electron chi connectivity index (χ3n) is 3.90. The molecule has 0 amide bonds. The molecule has 0 saturated carbocycles. The highest BCUT2D eigenvalue weighted by atomic mass is 16.3. The number of rotatable bonds is 3. The summed E-state index contributed by atoms with van der Waals surface area (Å²) in [6.45, 7) is 4.03. The highest BCUT2D eigenvalue weighted by Crippen LogP contribution is 2.26. The van der Waals surface area contributed by atoms with E-state index in [0.717, 1.165) is 17.2 Å². The number of anilines is 2. The van der Waals surface area contributed by atoms with Crippen molar-refractivity contribution in [2.45, 2.75) is 13.8 Å². The van der Waals surface area contributed by atoms with Crippen LogP contribution < -0.4 is 4.90 Å². The fourth-order valence-corrected chi connectivity index (χ4v) is 2.69. The van der Waals surface area contributed by atoms with Crippen LogP contribution in [0.4, 0.5) is 11.5 Å². The molecule has 0 unspecified atom stereocenters. The number of benzene rings is 1. The van der Waals surface area contributed by atoms with E-state index >= 15 is 0 Å². The van der Waals surface area contributed by atoms with Gasteiger partial charge in [-0.05, 0) is 43.7 Å². The van der Waals surface area contributed by atoms with Gasteiger partial charge in [0.1, 0.15) is 5.82 Å². The van der Waals surface area contributed by atoms with E-state index in [1.165, 1.54) is 5.56 Å². The highest BCUT2D eigenvalue weighted by Gasteiger charge is 2.16. The van der Waals surface area contributed by atoms with E-state index in [2.05, 4.69) is 45.1 Å². The van der Waals surface area contributed by atoms with Crippen LogP contribution in [0.1, 0.15) is 11.3 Å². The van der Waals surface area contributed by atoms with Gasteiger partial charge in [-0.25, -0.2) is 4.98 Å². The van der Waals surface area contributed by atoms with Gasteiger partial charge in [0.05, 0.1) is 6.26 Å². The number of hydrogen-bond acceptors (Lipinski definition) is 5. The van der Waals surface area contributed by atoms with Crippen molar-refractivity contribution in [1.29, 1.82) is 0 Å². The van der Waals surface area contributed by atoms with Crippen molar-refractivity contribution in [2.75, 3.05) is 11.9 Å². The predicted molar refractivity (Wildman–Crippen MR) is 92.5 cm³/mol. The summed E-state index contributed by atoms with van der Waals surface area (Å²) in [7, 11) is 2.01. The lowest BCUT2D eigenvalue weighted by molar-refractivity contribution is 0.577. The van der Waals surface area contributed by atoms with Gasteiger partial charge in [-0.2, -0.15) is 9.50 Å². The Morgan fingerprint density at radius 3 is 2.67 bits per heavy atom. The topological polar surface area (TPSA) is 59.5 Å². The Morgan fingerprint density at radius 2 is 1.92 bits per heavy atom. The quantitative estimate of drug-likeness (QED) is 0.575. The zero-order valence-electron chi connectivity index (χ0n) is 13.8. The summed E-state index contributed by atoms with van der Waals surface area (Å²) >= 11 is 0. The number of fused-ring (bicyclic) bond motifs is 1. The number of aromatic nitrogens is 4. The van der Waals surface area contributed by atoms with Crippen molar-refractivity contribution >= 4 is 17.3 Å². The van der Waals surface area contributed by atoms with Gasteiger partial charge in [0.2, 0.25) is 5.82 Å². The summed E-state index contributed by atoms with van der Waals surface area (Å²) in [6.07, 6.45) is 1.61. The summed E-state index contributed by atoms with van der Waals surface area (Å²) < 4.78 is 7.14. The zero-order valence-corrected chi connectivity index (χ0v) is 13.8. The van der Waals surface area contributed by atoms with Crippen LogP contribution in [0.25, 0.3) is 17.4 Å². The van der Waals surface area contributed by atoms with Gasteiger partial charge in [0, 0.05) is 24.5 Å². The minimum atomic E-state index is 0.525. The molecule has 6 nitrogen and oxygen atoms in total. The van der Waals surface area contributed by atoms with Crippen molar-refractivity contribution in [3.05, 3.63) is 60.0 Å². The zero-order chi connectivity index (χ0) is 16.7. The first-order valence-electron chi connectivity index (χ1n) is 7.70. The lowest BCUT2D eigenvalue weighted by Crippen LogP contribution is -2.15. The molecular formula is C18H17N5O. The van der Waals surface area contributed by atoms with Crippen LogP contribution in [0.15, 0.2) is 53.1 Å². The van der Waals surface area contributed by atoms with Gasteiger partial charge in [-0.1, -0.05) is 12.1 Å². The first-order chi connectivity index (χ1) is 11.6. The molecule has 0 fully saturated rings. The maximum atomic E-state index is 5.40. The molecule has 3 aromatic heterocycles. The standard InChI is InChI=1S/C18H17N5O/c1-12-6-4-7-14(10-12)22(3)16-11-13(2)19-18-20-17(21-23(16)18)15-8-5-9-24-15/h4-11H,1-3H3. The van der Waals surface area contributed by atoms with Crippen molar-refractivity contribution in [3.63, 3.8) is 0 Å². The molecule has 0 bridgehead atoms. The molecule has 0 atom stereocenters. The van der Waals surface area contributed by atoms with Gasteiger partial charge in [0.25, 0.3) is 5.78 Å². The molecule has 1 aromatic carbocycles. The summed E-state index contributed by atoms with van der Waals surface area (Å²) in [5.74, 6) is 2.60. The first-order valence-corrected chi connectivity index (χ1v) is 7.70. The molecule has 0 radical (unpaired) electrons. The van der Waals surface area contributed by atoms with E-state index in [0.29, 0.717) is 17.4 Å². The van der Waals surface area contributed by atoms with E-state index < -0.39 is 0 Å². The lowest BCUT2D eigenvalue weighted by atomic mass is 10.2. The van der Waals surface area contributed by atoms with E-state index in [4.69, 9.17) is 4.42 Å². The average molecular weight is 319 g/mol. The Labute approximate surface area is 139 Å². The van der Waals surface area contributed by atoms with Gasteiger partial charge in [-0.3, -0.25) is 0 Å². The van der Waals surface area contributed by atoms with Gasteiger partial charge in [-0.15, -0.1) is 5.10 Å². The van der Waals surface area contributed by atoms with Gasteiger partial charge >= 0.3 is 0 Å². The number of nitrogens with zero attached hydrogens (tertiary/aromatic N) is 5. The molecule has 6 heteroatoms. The van der Waals surface area contributed by atoms with Crippen LogP contribution in [0.2, 0.25) is 0 Å². The molecular weight excluding hydrogens is 302 g/mol. The molecule has 0 aliphatic heterocycles. The molecule has 0 N–H and O–H groups in total. The maximum absolute atomic E-state index is 5.40. The summed E-state index contributed by atoms with van der Waals surface area (Å²) in [5.41, 5.74) is 3.17. The summed E-state index contributed by atoms with van der Waals surface area (Å²) in [6, 6.07) is 14.0. The second kappa shape index (κ2) is 5.49. The minimum absolute atomic E-state index is 0.525. The van der Waals surface area contributed by atoms with Crippen molar-refractivity contribution in [1.82, 2.24) is 19.6 Å². The van der Waals surface area contributed by atoms with Crippen molar-refractivity contribution < 1.29 is 4.42 Å². The number of aryl methyl sites for hydroxylation is 2. The maximum Gasteiger partial charge on any atom is 0.255 e. The normalized spacial score (nSPS) is 11.1. The molecule has 3 heterocycles. The SMILES string of the molecule is Cc1cccc(N(C)c2cc(C)nc3nc(-c4ccco4)nn23)c1. The third-order valence-corrected chi connectivity index (χ3v) is 3.90.